The van der Waals surface area contributed by atoms with Crippen molar-refractivity contribution >= 4 is 15.5 Å². The zero-order valence-corrected chi connectivity index (χ0v) is 9.14. The van der Waals surface area contributed by atoms with E-state index in [0.717, 1.165) is 0 Å². The maximum Gasteiger partial charge on any atom is 0.182 e. The van der Waals surface area contributed by atoms with E-state index in [2.05, 4.69) is 5.32 Å². The Kier molecular flexibility index (Phi) is 2.42. The molecule has 0 saturated heterocycles. The van der Waals surface area contributed by atoms with Crippen LogP contribution < -0.4 is 5.32 Å². The second-order valence-corrected chi connectivity index (χ2v) is 5.65. The van der Waals surface area contributed by atoms with Gasteiger partial charge in [-0.1, -0.05) is 13.0 Å². The first kappa shape index (κ1) is 10.4. The average Bonchev–Trinajstić information content (AvgIpc) is 2.18. The van der Waals surface area contributed by atoms with Crippen LogP contribution in [0.25, 0.3) is 0 Å². The molecule has 0 bridgehead atoms. The Morgan fingerprint density at radius 3 is 2.93 bits per heavy atom. The Hall–Kier alpha value is -1.10. The molecule has 1 unspecified atom stereocenters. The maximum absolute atomic E-state index is 13.4. The molecule has 1 atom stereocenters. The first-order valence-electron chi connectivity index (χ1n) is 4.82. The van der Waals surface area contributed by atoms with E-state index in [9.17, 15) is 12.8 Å². The minimum atomic E-state index is -3.33. The quantitative estimate of drug-likeness (QED) is 0.798. The Bertz CT molecular complexity index is 484. The van der Waals surface area contributed by atoms with Crippen LogP contribution in [0.2, 0.25) is 0 Å². The summed E-state index contributed by atoms with van der Waals surface area (Å²) < 4.78 is 37.0. The van der Waals surface area contributed by atoms with Crippen molar-refractivity contribution < 1.29 is 12.8 Å². The molecular weight excluding hydrogens is 217 g/mol. The van der Waals surface area contributed by atoms with Crippen LogP contribution in [-0.2, 0) is 9.84 Å². The molecule has 1 aromatic carbocycles. The summed E-state index contributed by atoms with van der Waals surface area (Å²) in [7, 11) is -3.33. The van der Waals surface area contributed by atoms with Crippen molar-refractivity contribution in [2.75, 3.05) is 11.1 Å². The normalized spacial score (nSPS) is 22.9. The zero-order valence-electron chi connectivity index (χ0n) is 8.33. The molecule has 0 aliphatic carbocycles. The lowest BCUT2D eigenvalue weighted by atomic mass is 10.2. The first-order valence-corrected chi connectivity index (χ1v) is 6.47. The number of hydrogen-bond acceptors (Lipinski definition) is 3. The highest BCUT2D eigenvalue weighted by Gasteiger charge is 2.30. The molecule has 0 fully saturated rings. The van der Waals surface area contributed by atoms with Crippen molar-refractivity contribution in [3.63, 3.8) is 0 Å². The Morgan fingerprint density at radius 1 is 1.53 bits per heavy atom. The molecule has 1 aliphatic heterocycles. The van der Waals surface area contributed by atoms with Crippen LogP contribution in [0.3, 0.4) is 0 Å². The summed E-state index contributed by atoms with van der Waals surface area (Å²) in [5.74, 6) is -0.464. The van der Waals surface area contributed by atoms with Gasteiger partial charge in [0.2, 0.25) is 0 Å². The third-order valence-corrected chi connectivity index (χ3v) is 4.42. The fourth-order valence-corrected chi connectivity index (χ4v) is 3.51. The molecule has 1 N–H and O–H groups in total. The Morgan fingerprint density at radius 2 is 2.27 bits per heavy atom. The number of fused-ring (bicyclic) bond motifs is 1. The van der Waals surface area contributed by atoms with Gasteiger partial charge in [0.25, 0.3) is 0 Å². The summed E-state index contributed by atoms with van der Waals surface area (Å²) in [5, 5.41) is 2.92. The number of nitrogens with one attached hydrogen (secondary N) is 1. The van der Waals surface area contributed by atoms with Gasteiger partial charge in [-0.25, -0.2) is 12.8 Å². The molecule has 0 aromatic heterocycles. The number of hydrogen-bond donors (Lipinski definition) is 1. The predicted molar refractivity (Wildman–Crippen MR) is 56.2 cm³/mol. The van der Waals surface area contributed by atoms with E-state index in [0.29, 0.717) is 6.42 Å². The molecule has 2 rings (SSSR count). The minimum Gasteiger partial charge on any atom is -0.378 e. The lowest BCUT2D eigenvalue weighted by Gasteiger charge is -2.26. The summed E-state index contributed by atoms with van der Waals surface area (Å²) in [4.78, 5) is 0.0761. The lowest BCUT2D eigenvalue weighted by Crippen LogP contribution is -2.34. The Balaban J connectivity index is 2.60. The number of rotatable bonds is 1. The molecule has 0 spiro atoms. The van der Waals surface area contributed by atoms with Gasteiger partial charge in [-0.2, -0.15) is 0 Å². The average molecular weight is 229 g/mol. The maximum atomic E-state index is 13.4. The number of para-hydroxylation sites is 1. The van der Waals surface area contributed by atoms with Crippen molar-refractivity contribution in [3.05, 3.63) is 24.0 Å². The highest BCUT2D eigenvalue weighted by molar-refractivity contribution is 7.91. The van der Waals surface area contributed by atoms with E-state index in [1.54, 1.807) is 0 Å². The standard InChI is InChI=1S/C10H12FNO2S/c1-2-7-6-15(13,14)9-5-3-4-8(11)10(9)12-7/h3-5,7,12H,2,6H2,1H3. The molecule has 82 valence electrons. The monoisotopic (exact) mass is 229 g/mol. The molecular formula is C10H12FNO2S. The van der Waals surface area contributed by atoms with Gasteiger partial charge in [0.05, 0.1) is 16.3 Å². The second kappa shape index (κ2) is 3.48. The topological polar surface area (TPSA) is 46.2 Å². The van der Waals surface area contributed by atoms with Crippen molar-refractivity contribution in [2.45, 2.75) is 24.3 Å². The third-order valence-electron chi connectivity index (χ3n) is 2.57. The summed E-state index contributed by atoms with van der Waals surface area (Å²) in [6, 6.07) is 3.92. The zero-order chi connectivity index (χ0) is 11.1. The number of sulfone groups is 1. The predicted octanol–water partition coefficient (Wildman–Crippen LogP) is 1.80. The fourth-order valence-electron chi connectivity index (χ4n) is 1.72. The molecule has 1 aliphatic rings. The number of anilines is 1. The largest absolute Gasteiger partial charge is 0.378 e. The van der Waals surface area contributed by atoms with Crippen LogP contribution in [0.15, 0.2) is 23.1 Å². The molecule has 0 amide bonds. The van der Waals surface area contributed by atoms with Gasteiger partial charge >= 0.3 is 0 Å². The van der Waals surface area contributed by atoms with Gasteiger partial charge < -0.3 is 5.32 Å². The molecule has 1 heterocycles. The van der Waals surface area contributed by atoms with E-state index in [1.807, 2.05) is 6.92 Å². The van der Waals surface area contributed by atoms with E-state index < -0.39 is 15.7 Å². The number of benzene rings is 1. The highest BCUT2D eigenvalue weighted by Crippen LogP contribution is 2.31. The first-order chi connectivity index (χ1) is 7.04. The molecule has 5 heteroatoms. The lowest BCUT2D eigenvalue weighted by molar-refractivity contribution is 0.574. The smallest absolute Gasteiger partial charge is 0.182 e. The van der Waals surface area contributed by atoms with Gasteiger partial charge in [0.15, 0.2) is 9.84 Å². The van der Waals surface area contributed by atoms with Crippen molar-refractivity contribution in [1.82, 2.24) is 0 Å². The fraction of sp³-hybridized carbons (Fsp3) is 0.400. The van der Waals surface area contributed by atoms with Crippen molar-refractivity contribution in [1.29, 1.82) is 0 Å². The summed E-state index contributed by atoms with van der Waals surface area (Å²) in [6.07, 6.45) is 0.660. The van der Waals surface area contributed by atoms with Crippen molar-refractivity contribution in [2.24, 2.45) is 0 Å². The molecule has 15 heavy (non-hydrogen) atoms. The van der Waals surface area contributed by atoms with Crippen LogP contribution in [0.4, 0.5) is 10.1 Å². The molecule has 0 radical (unpaired) electrons. The van der Waals surface area contributed by atoms with E-state index in [4.69, 9.17) is 0 Å². The third kappa shape index (κ3) is 1.71. The van der Waals surface area contributed by atoms with Gasteiger partial charge in [0, 0.05) is 6.04 Å². The summed E-state index contributed by atoms with van der Waals surface area (Å²) in [6.45, 7) is 1.87. The minimum absolute atomic E-state index is 0.0416. The van der Waals surface area contributed by atoms with Crippen LogP contribution in [0.5, 0.6) is 0 Å². The van der Waals surface area contributed by atoms with E-state index in [-0.39, 0.29) is 22.4 Å². The van der Waals surface area contributed by atoms with Gasteiger partial charge in [-0.05, 0) is 18.6 Å². The summed E-state index contributed by atoms with van der Waals surface area (Å²) in [5.41, 5.74) is 0.121. The number of halogens is 1. The van der Waals surface area contributed by atoms with Crippen LogP contribution in [-0.4, -0.2) is 20.2 Å². The second-order valence-electron chi connectivity index (χ2n) is 3.64. The van der Waals surface area contributed by atoms with Crippen molar-refractivity contribution in [3.8, 4) is 0 Å². The highest BCUT2D eigenvalue weighted by atomic mass is 32.2. The van der Waals surface area contributed by atoms with Crippen LogP contribution in [0, 0.1) is 5.82 Å². The van der Waals surface area contributed by atoms with Crippen LogP contribution in [0.1, 0.15) is 13.3 Å². The molecule has 0 saturated carbocycles. The molecule has 1 aromatic rings. The van der Waals surface area contributed by atoms with Gasteiger partial charge in [-0.15, -0.1) is 0 Å². The van der Waals surface area contributed by atoms with Crippen LogP contribution >= 0.6 is 0 Å². The summed E-state index contributed by atoms with van der Waals surface area (Å²) >= 11 is 0. The van der Waals surface area contributed by atoms with E-state index >= 15 is 0 Å². The SMILES string of the molecule is CCC1CS(=O)(=O)c2cccc(F)c2N1. The molecule has 3 nitrogen and oxygen atoms in total. The van der Waals surface area contributed by atoms with E-state index in [1.165, 1.54) is 18.2 Å². The van der Waals surface area contributed by atoms with Gasteiger partial charge in [0.1, 0.15) is 5.82 Å². The van der Waals surface area contributed by atoms with Gasteiger partial charge in [-0.3, -0.25) is 0 Å². The Labute approximate surface area is 88.2 Å².